The fourth-order valence-corrected chi connectivity index (χ4v) is 4.85. The molecular weight excluding hydrogens is 458 g/mol. The first kappa shape index (κ1) is 22.4. The van der Waals surface area contributed by atoms with E-state index in [1.165, 1.54) is 11.6 Å². The van der Waals surface area contributed by atoms with Gasteiger partial charge in [0, 0.05) is 47.0 Å². The number of carbonyl (C=O) groups is 1. The Morgan fingerprint density at radius 2 is 2.03 bits per heavy atom. The average molecular weight is 478 g/mol. The lowest BCUT2D eigenvalue weighted by atomic mass is 10.1. The molecule has 0 aliphatic heterocycles. The van der Waals surface area contributed by atoms with Crippen LogP contribution in [-0.4, -0.2) is 34.5 Å². The van der Waals surface area contributed by atoms with Crippen molar-refractivity contribution in [2.24, 2.45) is 0 Å². The van der Waals surface area contributed by atoms with E-state index in [-0.39, 0.29) is 15.9 Å². The molecule has 0 radical (unpaired) electrons. The summed E-state index contributed by atoms with van der Waals surface area (Å²) in [6.45, 7) is 2.68. The van der Waals surface area contributed by atoms with Crippen molar-refractivity contribution in [1.29, 1.82) is 5.26 Å². The van der Waals surface area contributed by atoms with E-state index in [0.29, 0.717) is 6.54 Å². The fourth-order valence-electron chi connectivity index (χ4n) is 3.41. The highest BCUT2D eigenvalue weighted by atomic mass is 32.2. The van der Waals surface area contributed by atoms with Crippen molar-refractivity contribution in [3.8, 4) is 6.07 Å². The number of aromatic nitrogens is 3. The first-order valence-electron chi connectivity index (χ1n) is 9.85. The number of hydrogen-bond acceptors (Lipinski definition) is 7. The number of aryl methyl sites for hydroxylation is 1. The number of hydrogen-bond donors (Lipinski definition) is 1. The van der Waals surface area contributed by atoms with Crippen LogP contribution >= 0.6 is 11.5 Å². The highest BCUT2D eigenvalue weighted by molar-refractivity contribution is 7.90. The number of nitrogens with one attached hydrogen (secondary N) is 1. The zero-order valence-corrected chi connectivity index (χ0v) is 19.4. The molecule has 0 unspecified atom stereocenters. The maximum Gasteiger partial charge on any atom is 0.268 e. The molecule has 0 aliphatic carbocycles. The molecule has 0 spiro atoms. The highest BCUT2D eigenvalue weighted by Gasteiger charge is 2.18. The Hall–Kier alpha value is -3.81. The minimum absolute atomic E-state index is 0.00320. The summed E-state index contributed by atoms with van der Waals surface area (Å²) in [5, 5.41) is 12.6. The SMILES string of the molecule is Cc1cccc(Cn2cc(C=C(C#N)C(=O)Nc3nc(S(C)(=O)=O)ns3)c3ccccc32)c1. The molecule has 0 saturated heterocycles. The minimum Gasteiger partial charge on any atom is -0.342 e. The number of benzene rings is 2. The summed E-state index contributed by atoms with van der Waals surface area (Å²) >= 11 is 0.735. The van der Waals surface area contributed by atoms with Crippen LogP contribution in [0, 0.1) is 18.3 Å². The molecule has 2 aromatic heterocycles. The summed E-state index contributed by atoms with van der Waals surface area (Å²) in [5.74, 6) is -0.691. The first-order valence-corrected chi connectivity index (χ1v) is 12.5. The van der Waals surface area contributed by atoms with Crippen LogP contribution in [0.3, 0.4) is 0 Å². The standard InChI is InChI=1S/C23H19N5O3S2/c1-15-6-5-7-16(10-15)13-28-14-18(19-8-3-4-9-20(19)28)11-17(12-24)21(29)25-22-26-23(27-32-22)33(2,30)31/h3-11,14H,13H2,1-2H3,(H,25,26,27,29). The van der Waals surface area contributed by atoms with Crippen LogP contribution in [0.1, 0.15) is 16.7 Å². The molecule has 8 nitrogen and oxygen atoms in total. The molecule has 10 heteroatoms. The average Bonchev–Trinajstić information content (AvgIpc) is 3.37. The van der Waals surface area contributed by atoms with Gasteiger partial charge in [-0.2, -0.15) is 14.6 Å². The van der Waals surface area contributed by atoms with Gasteiger partial charge in [0.25, 0.3) is 11.1 Å². The van der Waals surface area contributed by atoms with Crippen molar-refractivity contribution in [2.45, 2.75) is 18.6 Å². The molecule has 0 saturated carbocycles. The Morgan fingerprint density at radius 3 is 2.73 bits per heavy atom. The van der Waals surface area contributed by atoms with E-state index in [0.717, 1.165) is 39.8 Å². The van der Waals surface area contributed by atoms with E-state index in [1.54, 1.807) is 0 Å². The number of rotatable bonds is 6. The lowest BCUT2D eigenvalue weighted by molar-refractivity contribution is -0.112. The maximum atomic E-state index is 12.7. The topological polar surface area (TPSA) is 118 Å². The van der Waals surface area contributed by atoms with Gasteiger partial charge in [-0.3, -0.25) is 10.1 Å². The van der Waals surface area contributed by atoms with Gasteiger partial charge in [-0.1, -0.05) is 48.0 Å². The van der Waals surface area contributed by atoms with Crippen LogP contribution in [0.5, 0.6) is 0 Å². The largest absolute Gasteiger partial charge is 0.342 e. The molecule has 1 amide bonds. The smallest absolute Gasteiger partial charge is 0.268 e. The number of fused-ring (bicyclic) bond motifs is 1. The monoisotopic (exact) mass is 477 g/mol. The third-order valence-electron chi connectivity index (χ3n) is 4.88. The number of sulfone groups is 1. The summed E-state index contributed by atoms with van der Waals surface area (Å²) in [6.07, 6.45) is 4.40. The second-order valence-electron chi connectivity index (χ2n) is 7.50. The van der Waals surface area contributed by atoms with Crippen LogP contribution in [0.4, 0.5) is 5.13 Å². The zero-order valence-electron chi connectivity index (χ0n) is 17.8. The molecule has 0 bridgehead atoms. The van der Waals surface area contributed by atoms with Gasteiger partial charge in [0.1, 0.15) is 11.6 Å². The predicted molar refractivity (Wildman–Crippen MR) is 127 cm³/mol. The Bertz CT molecular complexity index is 1540. The normalized spacial score (nSPS) is 12.0. The molecule has 2 aromatic carbocycles. The summed E-state index contributed by atoms with van der Waals surface area (Å²) < 4.78 is 28.9. The summed E-state index contributed by atoms with van der Waals surface area (Å²) in [4.78, 5) is 16.5. The van der Waals surface area contributed by atoms with Crippen molar-refractivity contribution in [3.05, 3.63) is 77.0 Å². The van der Waals surface area contributed by atoms with Crippen molar-refractivity contribution in [2.75, 3.05) is 11.6 Å². The zero-order chi connectivity index (χ0) is 23.6. The van der Waals surface area contributed by atoms with E-state index in [1.807, 2.05) is 55.6 Å². The van der Waals surface area contributed by atoms with E-state index < -0.39 is 15.7 Å². The minimum atomic E-state index is -3.59. The van der Waals surface area contributed by atoms with Gasteiger partial charge in [0.2, 0.25) is 15.0 Å². The lowest BCUT2D eigenvalue weighted by Gasteiger charge is -2.06. The van der Waals surface area contributed by atoms with Gasteiger partial charge < -0.3 is 4.57 Å². The van der Waals surface area contributed by atoms with Crippen LogP contribution in [0.15, 0.2) is 65.5 Å². The second-order valence-corrected chi connectivity index (χ2v) is 10.2. The predicted octanol–water partition coefficient (Wildman–Crippen LogP) is 3.80. The van der Waals surface area contributed by atoms with Crippen molar-refractivity contribution < 1.29 is 13.2 Å². The number of nitrogens with zero attached hydrogens (tertiary/aromatic N) is 4. The number of carbonyl (C=O) groups excluding carboxylic acids is 1. The molecule has 33 heavy (non-hydrogen) atoms. The molecule has 0 atom stereocenters. The number of amides is 1. The fraction of sp³-hybridized carbons (Fsp3) is 0.130. The molecule has 166 valence electrons. The Labute approximate surface area is 194 Å². The van der Waals surface area contributed by atoms with Gasteiger partial charge in [-0.25, -0.2) is 8.42 Å². The van der Waals surface area contributed by atoms with E-state index in [4.69, 9.17) is 0 Å². The van der Waals surface area contributed by atoms with Gasteiger partial charge in [0.05, 0.1) is 0 Å². The molecule has 4 aromatic rings. The molecule has 4 rings (SSSR count). The van der Waals surface area contributed by atoms with Gasteiger partial charge in [-0.05, 0) is 24.6 Å². The molecule has 1 N–H and O–H groups in total. The van der Waals surface area contributed by atoms with E-state index >= 15 is 0 Å². The van der Waals surface area contributed by atoms with Crippen LogP contribution in [0.25, 0.3) is 17.0 Å². The molecule has 0 fully saturated rings. The van der Waals surface area contributed by atoms with Crippen LogP contribution < -0.4 is 5.32 Å². The number of anilines is 1. The third-order valence-corrected chi connectivity index (χ3v) is 6.47. The van der Waals surface area contributed by atoms with E-state index in [2.05, 4.69) is 31.4 Å². The van der Waals surface area contributed by atoms with Gasteiger partial charge in [-0.15, -0.1) is 0 Å². The lowest BCUT2D eigenvalue weighted by Crippen LogP contribution is -2.13. The summed E-state index contributed by atoms with van der Waals surface area (Å²) in [6, 6.07) is 17.9. The first-order chi connectivity index (χ1) is 15.7. The molecule has 2 heterocycles. The summed E-state index contributed by atoms with van der Waals surface area (Å²) in [5.41, 5.74) is 3.87. The molecular formula is C23H19N5O3S2. The van der Waals surface area contributed by atoms with Crippen LogP contribution in [-0.2, 0) is 21.2 Å². The highest BCUT2D eigenvalue weighted by Crippen LogP contribution is 2.25. The van der Waals surface area contributed by atoms with Crippen molar-refractivity contribution >= 4 is 49.4 Å². The van der Waals surface area contributed by atoms with Crippen molar-refractivity contribution in [3.63, 3.8) is 0 Å². The quantitative estimate of drug-likeness (QED) is 0.333. The number of nitriles is 1. The van der Waals surface area contributed by atoms with E-state index in [9.17, 15) is 18.5 Å². The second kappa shape index (κ2) is 8.97. The third kappa shape index (κ3) is 5.00. The van der Waals surface area contributed by atoms with Crippen LogP contribution in [0.2, 0.25) is 0 Å². The summed E-state index contributed by atoms with van der Waals surface area (Å²) in [7, 11) is -3.59. The van der Waals surface area contributed by atoms with Crippen molar-refractivity contribution in [1.82, 2.24) is 13.9 Å². The maximum absolute atomic E-state index is 12.7. The van der Waals surface area contributed by atoms with Gasteiger partial charge in [0.15, 0.2) is 0 Å². The Kier molecular flexibility index (Phi) is 6.09. The number of para-hydroxylation sites is 1. The Morgan fingerprint density at radius 1 is 1.24 bits per heavy atom. The Balaban J connectivity index is 1.66. The van der Waals surface area contributed by atoms with Gasteiger partial charge >= 0.3 is 0 Å². The molecule has 0 aliphatic rings.